The summed E-state index contributed by atoms with van der Waals surface area (Å²) in [7, 11) is 0. The molecule has 0 radical (unpaired) electrons. The molecule has 0 saturated heterocycles. The first-order valence-corrected chi connectivity index (χ1v) is 6.17. The maximum atomic E-state index is 10.4. The molecular weight excluding hydrogens is 232 g/mol. The molecule has 1 rings (SSSR count). The average Bonchev–Trinajstić information content (AvgIpc) is 2.29. The van der Waals surface area contributed by atoms with E-state index < -0.39 is 5.97 Å². The van der Waals surface area contributed by atoms with Gasteiger partial charge in [-0.05, 0) is 38.8 Å². The molecule has 1 aromatic heterocycles. The third-order valence-corrected chi connectivity index (χ3v) is 2.25. The molecule has 0 fully saturated rings. The molecule has 1 aromatic rings. The van der Waals surface area contributed by atoms with Gasteiger partial charge in [-0.15, -0.1) is 0 Å². The van der Waals surface area contributed by atoms with Gasteiger partial charge in [-0.2, -0.15) is 0 Å². The van der Waals surface area contributed by atoms with Crippen LogP contribution in [0.25, 0.3) is 0 Å². The van der Waals surface area contributed by atoms with Crippen molar-refractivity contribution in [3.8, 4) is 5.88 Å². The lowest BCUT2D eigenvalue weighted by atomic mass is 10.2. The summed E-state index contributed by atoms with van der Waals surface area (Å²) in [5.41, 5.74) is 0.849. The number of ether oxygens (including phenoxy) is 1. The van der Waals surface area contributed by atoms with Crippen molar-refractivity contribution in [1.29, 1.82) is 0 Å². The van der Waals surface area contributed by atoms with Gasteiger partial charge in [0.25, 0.3) is 0 Å². The number of pyridine rings is 1. The minimum atomic E-state index is -0.750. The number of anilines is 1. The molecular formula is C13H20N2O3. The average molecular weight is 252 g/mol. The largest absolute Gasteiger partial charge is 0.481 e. The highest BCUT2D eigenvalue weighted by molar-refractivity contribution is 5.66. The second-order valence-electron chi connectivity index (χ2n) is 4.30. The van der Waals surface area contributed by atoms with Gasteiger partial charge >= 0.3 is 5.97 Å². The summed E-state index contributed by atoms with van der Waals surface area (Å²) >= 11 is 0. The number of unbranched alkanes of at least 4 members (excludes halogenated alkanes) is 1. The van der Waals surface area contributed by atoms with E-state index in [0.717, 1.165) is 12.1 Å². The Bertz CT molecular complexity index is 380. The van der Waals surface area contributed by atoms with Gasteiger partial charge in [0.1, 0.15) is 0 Å². The molecule has 2 N–H and O–H groups in total. The van der Waals surface area contributed by atoms with Gasteiger partial charge < -0.3 is 15.2 Å². The lowest BCUT2D eigenvalue weighted by molar-refractivity contribution is -0.137. The Morgan fingerprint density at radius 1 is 1.50 bits per heavy atom. The van der Waals surface area contributed by atoms with E-state index in [1.54, 1.807) is 6.20 Å². The van der Waals surface area contributed by atoms with Crippen LogP contribution in [0.4, 0.5) is 5.69 Å². The van der Waals surface area contributed by atoms with Gasteiger partial charge in [0.2, 0.25) is 5.88 Å². The first kappa shape index (κ1) is 14.3. The van der Waals surface area contributed by atoms with E-state index in [4.69, 9.17) is 9.84 Å². The molecule has 18 heavy (non-hydrogen) atoms. The minimum Gasteiger partial charge on any atom is -0.481 e. The van der Waals surface area contributed by atoms with E-state index in [-0.39, 0.29) is 12.5 Å². The SMILES string of the molecule is CC(C)Oc1ncccc1NCCCCC(=O)O. The summed E-state index contributed by atoms with van der Waals surface area (Å²) in [6.45, 7) is 4.62. The Morgan fingerprint density at radius 3 is 2.94 bits per heavy atom. The second kappa shape index (κ2) is 7.53. The van der Waals surface area contributed by atoms with Crippen LogP contribution in [0.5, 0.6) is 5.88 Å². The fourth-order valence-electron chi connectivity index (χ4n) is 1.47. The van der Waals surface area contributed by atoms with Gasteiger partial charge in [-0.3, -0.25) is 4.79 Å². The molecule has 0 spiro atoms. The summed E-state index contributed by atoms with van der Waals surface area (Å²) in [6.07, 6.45) is 3.45. The third-order valence-electron chi connectivity index (χ3n) is 2.25. The van der Waals surface area contributed by atoms with E-state index in [0.29, 0.717) is 18.8 Å². The van der Waals surface area contributed by atoms with Crippen molar-refractivity contribution in [3.63, 3.8) is 0 Å². The Morgan fingerprint density at radius 2 is 2.28 bits per heavy atom. The van der Waals surface area contributed by atoms with Gasteiger partial charge in [0.15, 0.2) is 0 Å². The fraction of sp³-hybridized carbons (Fsp3) is 0.538. The number of aromatic nitrogens is 1. The van der Waals surface area contributed by atoms with E-state index in [2.05, 4.69) is 10.3 Å². The number of nitrogens with zero attached hydrogens (tertiary/aromatic N) is 1. The van der Waals surface area contributed by atoms with Crippen LogP contribution in [0.1, 0.15) is 33.1 Å². The quantitative estimate of drug-likeness (QED) is 0.696. The zero-order chi connectivity index (χ0) is 13.4. The van der Waals surface area contributed by atoms with Crippen LogP contribution in [0.3, 0.4) is 0 Å². The Kier molecular flexibility index (Phi) is 5.97. The highest BCUT2D eigenvalue weighted by Crippen LogP contribution is 2.21. The van der Waals surface area contributed by atoms with Crippen molar-refractivity contribution < 1.29 is 14.6 Å². The zero-order valence-corrected chi connectivity index (χ0v) is 10.8. The predicted molar refractivity (Wildman–Crippen MR) is 70.0 cm³/mol. The first-order chi connectivity index (χ1) is 8.59. The Balaban J connectivity index is 2.39. The van der Waals surface area contributed by atoms with Crippen molar-refractivity contribution >= 4 is 11.7 Å². The van der Waals surface area contributed by atoms with E-state index in [1.807, 2.05) is 26.0 Å². The molecule has 0 saturated carbocycles. The zero-order valence-electron chi connectivity index (χ0n) is 10.8. The second-order valence-corrected chi connectivity index (χ2v) is 4.30. The number of carboxylic acid groups (broad SMARTS) is 1. The lowest BCUT2D eigenvalue weighted by Gasteiger charge is -2.13. The van der Waals surface area contributed by atoms with Crippen LogP contribution in [0, 0.1) is 0 Å². The van der Waals surface area contributed by atoms with Crippen molar-refractivity contribution in [3.05, 3.63) is 18.3 Å². The molecule has 0 aromatic carbocycles. The van der Waals surface area contributed by atoms with Crippen molar-refractivity contribution in [2.45, 2.75) is 39.2 Å². The van der Waals surface area contributed by atoms with E-state index in [9.17, 15) is 4.79 Å². The maximum absolute atomic E-state index is 10.4. The summed E-state index contributed by atoms with van der Waals surface area (Å²) in [4.78, 5) is 14.5. The molecule has 0 aliphatic rings. The smallest absolute Gasteiger partial charge is 0.303 e. The normalized spacial score (nSPS) is 10.4. The standard InChI is InChI=1S/C13H20N2O3/c1-10(2)18-13-11(6-5-9-15-13)14-8-4-3-7-12(16)17/h5-6,9-10,14H,3-4,7-8H2,1-2H3,(H,16,17). The third kappa shape index (κ3) is 5.52. The first-order valence-electron chi connectivity index (χ1n) is 6.17. The van der Waals surface area contributed by atoms with E-state index >= 15 is 0 Å². The molecule has 0 unspecified atom stereocenters. The number of aliphatic carboxylic acids is 1. The lowest BCUT2D eigenvalue weighted by Crippen LogP contribution is -2.10. The highest BCUT2D eigenvalue weighted by Gasteiger charge is 2.05. The number of nitrogens with one attached hydrogen (secondary N) is 1. The van der Waals surface area contributed by atoms with Crippen LogP contribution in [0.2, 0.25) is 0 Å². The molecule has 1 heterocycles. The number of rotatable bonds is 8. The molecule has 100 valence electrons. The summed E-state index contributed by atoms with van der Waals surface area (Å²) in [5.74, 6) is -0.161. The minimum absolute atomic E-state index is 0.0764. The molecule has 0 bridgehead atoms. The molecule has 5 nitrogen and oxygen atoms in total. The van der Waals surface area contributed by atoms with Crippen LogP contribution in [-0.4, -0.2) is 28.7 Å². The van der Waals surface area contributed by atoms with Crippen LogP contribution in [-0.2, 0) is 4.79 Å². The molecule has 5 heteroatoms. The van der Waals surface area contributed by atoms with Gasteiger partial charge in [0.05, 0.1) is 11.8 Å². The highest BCUT2D eigenvalue weighted by atomic mass is 16.5. The maximum Gasteiger partial charge on any atom is 0.303 e. The number of hydrogen-bond acceptors (Lipinski definition) is 4. The van der Waals surface area contributed by atoms with E-state index in [1.165, 1.54) is 0 Å². The van der Waals surface area contributed by atoms with Crippen LogP contribution in [0.15, 0.2) is 18.3 Å². The predicted octanol–water partition coefficient (Wildman–Crippen LogP) is 2.54. The summed E-state index contributed by atoms with van der Waals surface area (Å²) in [5, 5.41) is 11.7. The van der Waals surface area contributed by atoms with Crippen molar-refractivity contribution in [2.24, 2.45) is 0 Å². The summed E-state index contributed by atoms with van der Waals surface area (Å²) < 4.78 is 5.57. The van der Waals surface area contributed by atoms with Crippen LogP contribution < -0.4 is 10.1 Å². The number of hydrogen-bond donors (Lipinski definition) is 2. The van der Waals surface area contributed by atoms with Crippen molar-refractivity contribution in [1.82, 2.24) is 4.98 Å². The number of carboxylic acids is 1. The molecule has 0 aliphatic carbocycles. The number of carbonyl (C=O) groups is 1. The Hall–Kier alpha value is -1.78. The van der Waals surface area contributed by atoms with Gasteiger partial charge in [-0.1, -0.05) is 0 Å². The van der Waals surface area contributed by atoms with Gasteiger partial charge in [-0.25, -0.2) is 4.98 Å². The molecule has 0 amide bonds. The fourth-order valence-corrected chi connectivity index (χ4v) is 1.47. The summed E-state index contributed by atoms with van der Waals surface area (Å²) in [6, 6.07) is 3.74. The van der Waals surface area contributed by atoms with Crippen LogP contribution >= 0.6 is 0 Å². The molecule has 0 aliphatic heterocycles. The van der Waals surface area contributed by atoms with Crippen molar-refractivity contribution in [2.75, 3.05) is 11.9 Å². The van der Waals surface area contributed by atoms with Gasteiger partial charge in [0, 0.05) is 19.2 Å². The molecule has 0 atom stereocenters. The topological polar surface area (TPSA) is 71.5 Å². The Labute approximate surface area is 107 Å². The monoisotopic (exact) mass is 252 g/mol.